The summed E-state index contributed by atoms with van der Waals surface area (Å²) in [6.07, 6.45) is 8.56. The molecule has 0 radical (unpaired) electrons. The predicted octanol–water partition coefficient (Wildman–Crippen LogP) is 8.98. The van der Waals surface area contributed by atoms with Gasteiger partial charge in [0.25, 0.3) is 11.8 Å². The Morgan fingerprint density at radius 1 is 0.413 bits per heavy atom. The minimum absolute atomic E-state index is 0.323. The molecular weight excluding hydrogens is 572 g/mol. The van der Waals surface area contributed by atoms with Gasteiger partial charge >= 0.3 is 0 Å². The Balaban J connectivity index is 1.01. The third-order valence-corrected chi connectivity index (χ3v) is 7.80. The second kappa shape index (κ2) is 12.0. The lowest BCUT2D eigenvalue weighted by atomic mass is 9.97. The Labute approximate surface area is 264 Å². The topological polar surface area (TPSA) is 104 Å². The van der Waals surface area contributed by atoms with E-state index in [0.717, 1.165) is 35.1 Å². The van der Waals surface area contributed by atoms with E-state index in [9.17, 15) is 0 Å². The number of allylic oxidation sites excluding steroid dienone is 4. The molecule has 0 unspecified atom stereocenters. The van der Waals surface area contributed by atoms with Crippen molar-refractivity contribution in [2.45, 2.75) is 12.8 Å². The van der Waals surface area contributed by atoms with Crippen molar-refractivity contribution in [3.63, 3.8) is 0 Å². The fourth-order valence-electron chi connectivity index (χ4n) is 5.39. The maximum Gasteiger partial charge on any atom is 0.266 e. The van der Waals surface area contributed by atoms with E-state index in [2.05, 4.69) is 62.9 Å². The minimum atomic E-state index is 0.323. The molecule has 0 amide bonds. The molecular formula is C38H26N6O2. The van der Waals surface area contributed by atoms with Crippen molar-refractivity contribution in [3.8, 4) is 68.6 Å². The van der Waals surface area contributed by atoms with Gasteiger partial charge in [-0.2, -0.15) is 0 Å². The normalized spacial score (nSPS) is 12.7. The second-order valence-electron chi connectivity index (χ2n) is 10.8. The van der Waals surface area contributed by atoms with Crippen LogP contribution in [0, 0.1) is 0 Å². The highest BCUT2D eigenvalue weighted by molar-refractivity contribution is 5.71. The number of aromatic nitrogens is 6. The summed E-state index contributed by atoms with van der Waals surface area (Å²) in [5.74, 6) is 1.52. The average molecular weight is 599 g/mol. The molecule has 1 aliphatic rings. The van der Waals surface area contributed by atoms with E-state index in [0.29, 0.717) is 46.3 Å². The predicted molar refractivity (Wildman–Crippen MR) is 177 cm³/mol. The fraction of sp³-hybridized carbons (Fsp3) is 0.0526. The second-order valence-corrected chi connectivity index (χ2v) is 10.8. The van der Waals surface area contributed by atoms with Gasteiger partial charge < -0.3 is 8.83 Å². The number of pyridine rings is 2. The largest absolute Gasteiger partial charge is 0.415 e. The molecule has 8 rings (SSSR count). The molecule has 0 fully saturated rings. The van der Waals surface area contributed by atoms with E-state index in [4.69, 9.17) is 18.8 Å². The van der Waals surface area contributed by atoms with Crippen LogP contribution in [0.15, 0.2) is 142 Å². The highest BCUT2D eigenvalue weighted by atomic mass is 16.4. The number of nitrogens with zero attached hydrogens (tertiary/aromatic N) is 6. The van der Waals surface area contributed by atoms with Crippen LogP contribution in [0.1, 0.15) is 18.4 Å². The Bertz CT molecular complexity index is 2200. The molecule has 0 N–H and O–H groups in total. The molecule has 0 saturated heterocycles. The quantitative estimate of drug-likeness (QED) is 0.179. The first-order chi connectivity index (χ1) is 22.8. The lowest BCUT2D eigenvalue weighted by molar-refractivity contribution is 0.581. The molecule has 0 bridgehead atoms. The molecule has 4 aromatic heterocycles. The molecule has 8 nitrogen and oxygen atoms in total. The van der Waals surface area contributed by atoms with Crippen molar-refractivity contribution in [1.29, 1.82) is 0 Å². The fourth-order valence-corrected chi connectivity index (χ4v) is 5.39. The maximum absolute atomic E-state index is 6.04. The molecule has 220 valence electrons. The minimum Gasteiger partial charge on any atom is -0.415 e. The van der Waals surface area contributed by atoms with Gasteiger partial charge in [0, 0.05) is 11.1 Å². The van der Waals surface area contributed by atoms with Crippen LogP contribution in [0.2, 0.25) is 0 Å². The third-order valence-electron chi connectivity index (χ3n) is 7.80. The monoisotopic (exact) mass is 598 g/mol. The molecule has 7 aromatic rings. The molecule has 1 aliphatic carbocycles. The molecule has 0 spiro atoms. The molecule has 3 aromatic carbocycles. The van der Waals surface area contributed by atoms with Crippen molar-refractivity contribution >= 4 is 5.57 Å². The summed E-state index contributed by atoms with van der Waals surface area (Å²) in [7, 11) is 0. The van der Waals surface area contributed by atoms with E-state index in [1.807, 2.05) is 91.0 Å². The average Bonchev–Trinajstić information content (AvgIpc) is 3.84. The molecule has 8 heteroatoms. The zero-order chi connectivity index (χ0) is 30.7. The number of benzene rings is 3. The van der Waals surface area contributed by atoms with E-state index >= 15 is 0 Å². The number of hydrogen-bond donors (Lipinski definition) is 0. The van der Waals surface area contributed by atoms with Gasteiger partial charge in [-0.05, 0) is 83.6 Å². The van der Waals surface area contributed by atoms with E-state index in [-0.39, 0.29) is 0 Å². The van der Waals surface area contributed by atoms with Crippen molar-refractivity contribution in [2.24, 2.45) is 0 Å². The third kappa shape index (κ3) is 5.55. The Hall–Kier alpha value is -6.28. The molecule has 46 heavy (non-hydrogen) atoms. The van der Waals surface area contributed by atoms with Gasteiger partial charge in [0.15, 0.2) is 0 Å². The summed E-state index contributed by atoms with van der Waals surface area (Å²) in [5, 5.41) is 17.1. The van der Waals surface area contributed by atoms with E-state index in [1.54, 1.807) is 0 Å². The summed E-state index contributed by atoms with van der Waals surface area (Å²) in [5.41, 5.74) is 8.87. The lowest BCUT2D eigenvalue weighted by Gasteiger charge is -2.09. The maximum atomic E-state index is 6.04. The molecule has 0 saturated carbocycles. The first-order valence-corrected chi connectivity index (χ1v) is 15.0. The summed E-state index contributed by atoms with van der Waals surface area (Å²) in [4.78, 5) is 9.55. The van der Waals surface area contributed by atoms with E-state index in [1.165, 1.54) is 11.1 Å². The molecule has 0 atom stereocenters. The van der Waals surface area contributed by atoms with Gasteiger partial charge in [0.1, 0.15) is 11.4 Å². The van der Waals surface area contributed by atoms with Crippen LogP contribution in [0.5, 0.6) is 0 Å². The zero-order valence-electron chi connectivity index (χ0n) is 24.6. The van der Waals surface area contributed by atoms with Gasteiger partial charge in [0.05, 0.1) is 11.4 Å². The van der Waals surface area contributed by atoms with Crippen molar-refractivity contribution in [1.82, 2.24) is 30.4 Å². The smallest absolute Gasteiger partial charge is 0.266 e. The van der Waals surface area contributed by atoms with Crippen LogP contribution >= 0.6 is 0 Å². The first kappa shape index (κ1) is 27.3. The van der Waals surface area contributed by atoms with Crippen LogP contribution in [0.4, 0.5) is 0 Å². The lowest BCUT2D eigenvalue weighted by Crippen LogP contribution is -1.92. The summed E-state index contributed by atoms with van der Waals surface area (Å²) in [6.45, 7) is 0. The van der Waals surface area contributed by atoms with Crippen LogP contribution in [-0.2, 0) is 0 Å². The van der Waals surface area contributed by atoms with Gasteiger partial charge in [-0.15, -0.1) is 20.4 Å². The molecule has 4 heterocycles. The zero-order valence-corrected chi connectivity index (χ0v) is 24.6. The van der Waals surface area contributed by atoms with Gasteiger partial charge in [-0.25, -0.2) is 9.97 Å². The molecule has 0 aliphatic heterocycles. The van der Waals surface area contributed by atoms with Gasteiger partial charge in [0.2, 0.25) is 11.8 Å². The summed E-state index contributed by atoms with van der Waals surface area (Å²) < 4.78 is 12.1. The van der Waals surface area contributed by atoms with Crippen LogP contribution in [-0.4, -0.2) is 30.4 Å². The highest BCUT2D eigenvalue weighted by Gasteiger charge is 2.16. The Morgan fingerprint density at radius 3 is 1.43 bits per heavy atom. The Morgan fingerprint density at radius 2 is 0.891 bits per heavy atom. The standard InChI is InChI=1S/C38H26N6O2/c1-3-9-25(10-4-1)27-17-21-29(22-18-27)35-41-43-37(45-35)33-15-7-13-31(39-33)32-14-8-16-34(40-32)38-44-42-36(46-38)30-23-19-28(20-24-30)26-11-5-2-6-12-26/h1-5,7-11,13-24H,6,12H2. The van der Waals surface area contributed by atoms with Crippen LogP contribution < -0.4 is 0 Å². The van der Waals surface area contributed by atoms with Gasteiger partial charge in [-0.3, -0.25) is 0 Å². The number of rotatable bonds is 7. The van der Waals surface area contributed by atoms with Gasteiger partial charge in [-0.1, -0.05) is 85.0 Å². The van der Waals surface area contributed by atoms with Crippen LogP contribution in [0.25, 0.3) is 74.2 Å². The first-order valence-electron chi connectivity index (χ1n) is 15.0. The van der Waals surface area contributed by atoms with Crippen molar-refractivity contribution < 1.29 is 8.83 Å². The van der Waals surface area contributed by atoms with Crippen LogP contribution in [0.3, 0.4) is 0 Å². The summed E-state index contributed by atoms with van der Waals surface area (Å²) >= 11 is 0. The van der Waals surface area contributed by atoms with Crippen molar-refractivity contribution in [3.05, 3.63) is 139 Å². The Kier molecular flexibility index (Phi) is 7.12. The summed E-state index contributed by atoms with van der Waals surface area (Å²) in [6, 6.07) is 37.7. The van der Waals surface area contributed by atoms with E-state index < -0.39 is 0 Å². The SMILES string of the molecule is C1=CCCC(c2ccc(-c3nnc(-c4cccc(-c5cccc(-c6nnc(-c7ccc(-c8ccccc8)cc7)o6)n5)n4)o3)cc2)=C1. The highest BCUT2D eigenvalue weighted by Crippen LogP contribution is 2.30. The van der Waals surface area contributed by atoms with Crippen molar-refractivity contribution in [2.75, 3.05) is 0 Å². The number of hydrogen-bond acceptors (Lipinski definition) is 8.